The molecule has 1 aliphatic heterocycles. The van der Waals surface area contributed by atoms with Gasteiger partial charge in [-0.05, 0) is 55.2 Å². The Balaban J connectivity index is 1.60. The number of benzene rings is 2. The highest BCUT2D eigenvalue weighted by Gasteiger charge is 2.26. The van der Waals surface area contributed by atoms with Crippen molar-refractivity contribution in [2.45, 2.75) is 32.3 Å². The zero-order valence-electron chi connectivity index (χ0n) is 16.2. The number of rotatable bonds is 6. The number of hydrogen-bond donors (Lipinski definition) is 0. The smallest absolute Gasteiger partial charge is 0.233 e. The van der Waals surface area contributed by atoms with E-state index >= 15 is 0 Å². The van der Waals surface area contributed by atoms with Gasteiger partial charge in [-0.15, -0.1) is 0 Å². The van der Waals surface area contributed by atoms with Crippen LogP contribution in [0.2, 0.25) is 0 Å². The monoisotopic (exact) mass is 396 g/mol. The minimum atomic E-state index is 0.0384. The molecule has 0 radical (unpaired) electrons. The van der Waals surface area contributed by atoms with E-state index in [2.05, 4.69) is 19.1 Å². The lowest BCUT2D eigenvalue weighted by Gasteiger charge is -2.23. The summed E-state index contributed by atoms with van der Waals surface area (Å²) >= 11 is 1.57. The summed E-state index contributed by atoms with van der Waals surface area (Å²) in [6.07, 6.45) is 2.43. The van der Waals surface area contributed by atoms with Gasteiger partial charge in [0.1, 0.15) is 5.75 Å². The number of aryl methyl sites for hydroxylation is 1. The first-order valence-electron chi connectivity index (χ1n) is 9.54. The average molecular weight is 397 g/mol. The molecule has 1 amide bonds. The quantitative estimate of drug-likeness (QED) is 0.621. The molecule has 0 N–H and O–H groups in total. The molecule has 6 heteroatoms. The van der Waals surface area contributed by atoms with Crippen molar-refractivity contribution in [2.24, 2.45) is 0 Å². The molecule has 5 nitrogen and oxygen atoms in total. The molecule has 1 aromatic heterocycles. The number of methoxy groups -OCH3 is 1. The van der Waals surface area contributed by atoms with E-state index in [1.807, 2.05) is 30.3 Å². The van der Waals surface area contributed by atoms with Gasteiger partial charge in [0.15, 0.2) is 5.13 Å². The van der Waals surface area contributed by atoms with Crippen molar-refractivity contribution in [3.05, 3.63) is 53.6 Å². The molecule has 1 aliphatic rings. The number of nitrogens with zero attached hydrogens (tertiary/aromatic N) is 2. The third-order valence-electron chi connectivity index (χ3n) is 4.99. The molecule has 1 saturated heterocycles. The number of hydrogen-bond acceptors (Lipinski definition) is 5. The van der Waals surface area contributed by atoms with Crippen LogP contribution in [0.25, 0.3) is 10.2 Å². The van der Waals surface area contributed by atoms with Crippen LogP contribution >= 0.6 is 11.3 Å². The molecule has 28 heavy (non-hydrogen) atoms. The normalized spacial score (nSPS) is 16.4. The molecular weight excluding hydrogens is 372 g/mol. The van der Waals surface area contributed by atoms with Gasteiger partial charge in [-0.3, -0.25) is 9.69 Å². The van der Waals surface area contributed by atoms with Crippen molar-refractivity contribution in [1.29, 1.82) is 0 Å². The Morgan fingerprint density at radius 1 is 1.29 bits per heavy atom. The van der Waals surface area contributed by atoms with Crippen LogP contribution in [0.4, 0.5) is 5.13 Å². The minimum absolute atomic E-state index is 0.0384. The molecule has 0 spiro atoms. The summed E-state index contributed by atoms with van der Waals surface area (Å²) in [5.74, 6) is 0.824. The number of thiazole rings is 1. The third kappa shape index (κ3) is 4.18. The SMILES string of the molecule is COc1ccc(CC(=O)N(CC2CCCO2)c2nc3ccc(C)cc3s2)cc1. The van der Waals surface area contributed by atoms with Crippen LogP contribution in [0.1, 0.15) is 24.0 Å². The number of carbonyl (C=O) groups is 1. The predicted molar refractivity (Wildman–Crippen MR) is 112 cm³/mol. The van der Waals surface area contributed by atoms with E-state index in [4.69, 9.17) is 14.5 Å². The summed E-state index contributed by atoms with van der Waals surface area (Å²) in [7, 11) is 1.64. The van der Waals surface area contributed by atoms with E-state index in [1.54, 1.807) is 23.3 Å². The largest absolute Gasteiger partial charge is 0.497 e. The van der Waals surface area contributed by atoms with Gasteiger partial charge in [-0.25, -0.2) is 4.98 Å². The van der Waals surface area contributed by atoms with Crippen molar-refractivity contribution >= 4 is 32.6 Å². The molecule has 4 rings (SSSR count). The summed E-state index contributed by atoms with van der Waals surface area (Å²) < 4.78 is 12.1. The maximum absolute atomic E-state index is 13.2. The van der Waals surface area contributed by atoms with Crippen LogP contribution in [-0.2, 0) is 16.0 Å². The van der Waals surface area contributed by atoms with Crippen molar-refractivity contribution in [2.75, 3.05) is 25.2 Å². The van der Waals surface area contributed by atoms with E-state index in [9.17, 15) is 4.79 Å². The Labute approximate surface area is 168 Å². The molecule has 0 bridgehead atoms. The second kappa shape index (κ2) is 8.29. The summed E-state index contributed by atoms with van der Waals surface area (Å²) in [6.45, 7) is 3.38. The maximum Gasteiger partial charge on any atom is 0.233 e. The summed E-state index contributed by atoms with van der Waals surface area (Å²) in [5.41, 5.74) is 3.08. The van der Waals surface area contributed by atoms with Gasteiger partial charge in [0.2, 0.25) is 5.91 Å². The highest BCUT2D eigenvalue weighted by Crippen LogP contribution is 2.31. The first-order chi connectivity index (χ1) is 13.6. The van der Waals surface area contributed by atoms with Gasteiger partial charge in [0, 0.05) is 6.61 Å². The molecular formula is C22H24N2O3S. The van der Waals surface area contributed by atoms with Crippen molar-refractivity contribution in [3.63, 3.8) is 0 Å². The highest BCUT2D eigenvalue weighted by atomic mass is 32.1. The molecule has 1 unspecified atom stereocenters. The fourth-order valence-electron chi connectivity index (χ4n) is 3.43. The maximum atomic E-state index is 13.2. The number of fused-ring (bicyclic) bond motifs is 1. The fraction of sp³-hybridized carbons (Fsp3) is 0.364. The highest BCUT2D eigenvalue weighted by molar-refractivity contribution is 7.22. The van der Waals surface area contributed by atoms with Gasteiger partial charge in [-0.2, -0.15) is 0 Å². The Kier molecular flexibility index (Phi) is 5.59. The number of carbonyl (C=O) groups excluding carboxylic acids is 1. The zero-order valence-corrected chi connectivity index (χ0v) is 17.0. The Bertz CT molecular complexity index is 962. The van der Waals surface area contributed by atoms with Crippen LogP contribution in [-0.4, -0.2) is 37.3 Å². The van der Waals surface area contributed by atoms with E-state index in [0.29, 0.717) is 13.0 Å². The lowest BCUT2D eigenvalue weighted by molar-refractivity contribution is -0.118. The Morgan fingerprint density at radius 3 is 2.82 bits per heavy atom. The molecule has 146 valence electrons. The molecule has 0 saturated carbocycles. The van der Waals surface area contributed by atoms with Gasteiger partial charge in [-0.1, -0.05) is 29.5 Å². The Morgan fingerprint density at radius 2 is 2.11 bits per heavy atom. The van der Waals surface area contributed by atoms with Gasteiger partial charge < -0.3 is 9.47 Å². The third-order valence-corrected chi connectivity index (χ3v) is 6.03. The summed E-state index contributed by atoms with van der Waals surface area (Å²) in [6, 6.07) is 13.8. The van der Waals surface area contributed by atoms with E-state index < -0.39 is 0 Å². The number of ether oxygens (including phenoxy) is 2. The van der Waals surface area contributed by atoms with Gasteiger partial charge >= 0.3 is 0 Å². The number of amides is 1. The van der Waals surface area contributed by atoms with Crippen LogP contribution in [0.5, 0.6) is 5.75 Å². The van der Waals surface area contributed by atoms with E-state index in [0.717, 1.165) is 46.1 Å². The second-order valence-electron chi connectivity index (χ2n) is 7.13. The molecule has 3 aromatic rings. The topological polar surface area (TPSA) is 51.7 Å². The average Bonchev–Trinajstić information content (AvgIpc) is 3.35. The molecule has 2 aromatic carbocycles. The second-order valence-corrected chi connectivity index (χ2v) is 8.14. The zero-order chi connectivity index (χ0) is 19.5. The minimum Gasteiger partial charge on any atom is -0.497 e. The van der Waals surface area contributed by atoms with Crippen LogP contribution < -0.4 is 9.64 Å². The molecule has 2 heterocycles. The fourth-order valence-corrected chi connectivity index (χ4v) is 4.52. The molecule has 0 aliphatic carbocycles. The summed E-state index contributed by atoms with van der Waals surface area (Å²) in [4.78, 5) is 19.7. The standard InChI is InChI=1S/C22H24N2O3S/c1-15-5-10-19-20(12-15)28-22(23-19)24(14-18-4-3-11-27-18)21(25)13-16-6-8-17(26-2)9-7-16/h5-10,12,18H,3-4,11,13-14H2,1-2H3. The van der Waals surface area contributed by atoms with Crippen molar-refractivity contribution in [3.8, 4) is 5.75 Å². The van der Waals surface area contributed by atoms with Crippen LogP contribution in [0.15, 0.2) is 42.5 Å². The molecule has 1 fully saturated rings. The van der Waals surface area contributed by atoms with E-state index in [-0.39, 0.29) is 12.0 Å². The van der Waals surface area contributed by atoms with Crippen molar-refractivity contribution in [1.82, 2.24) is 4.98 Å². The summed E-state index contributed by atoms with van der Waals surface area (Å²) in [5, 5.41) is 0.745. The molecule has 1 atom stereocenters. The van der Waals surface area contributed by atoms with Crippen LogP contribution in [0.3, 0.4) is 0 Å². The van der Waals surface area contributed by atoms with Crippen LogP contribution in [0, 0.1) is 6.92 Å². The van der Waals surface area contributed by atoms with Gasteiger partial charge in [0.25, 0.3) is 0 Å². The first-order valence-corrected chi connectivity index (χ1v) is 10.4. The van der Waals surface area contributed by atoms with Gasteiger partial charge in [0.05, 0.1) is 36.4 Å². The number of aromatic nitrogens is 1. The lowest BCUT2D eigenvalue weighted by atomic mass is 10.1. The Hall–Kier alpha value is -2.44. The first kappa shape index (κ1) is 18.9. The number of anilines is 1. The lowest BCUT2D eigenvalue weighted by Crippen LogP contribution is -2.38. The van der Waals surface area contributed by atoms with Crippen molar-refractivity contribution < 1.29 is 14.3 Å². The predicted octanol–water partition coefficient (Wildman–Crippen LogP) is 4.37. The van der Waals surface area contributed by atoms with E-state index in [1.165, 1.54) is 5.56 Å².